The lowest BCUT2D eigenvalue weighted by molar-refractivity contribution is -0.135. The average molecular weight is 679 g/mol. The molecule has 0 aromatic heterocycles. The first-order chi connectivity index (χ1) is 23.7. The number of primary amides is 1. The first kappa shape index (κ1) is 34.1. The summed E-state index contributed by atoms with van der Waals surface area (Å²) in [6, 6.07) is 29.3. The Bertz CT molecular complexity index is 1880. The number of benzene rings is 4. The van der Waals surface area contributed by atoms with Gasteiger partial charge >= 0.3 is 0 Å². The molecule has 9 heteroatoms. The van der Waals surface area contributed by atoms with E-state index in [1.165, 1.54) is 6.07 Å². The molecule has 0 saturated heterocycles. The van der Waals surface area contributed by atoms with Crippen LogP contribution in [0.5, 0.6) is 0 Å². The Kier molecular flexibility index (Phi) is 10.5. The minimum Gasteiger partial charge on any atom is -0.369 e. The summed E-state index contributed by atoms with van der Waals surface area (Å²) in [5, 5.41) is 3.00. The zero-order chi connectivity index (χ0) is 34.5. The molecule has 0 bridgehead atoms. The van der Waals surface area contributed by atoms with E-state index in [1.54, 1.807) is 17.0 Å². The molecular weight excluding hydrogens is 639 g/mol. The number of fused-ring (bicyclic) bond motifs is 1. The predicted molar refractivity (Wildman–Crippen MR) is 192 cm³/mol. The molecule has 0 radical (unpaired) electrons. The number of hydrogen-bond donors (Lipinski definition) is 2. The molecule has 49 heavy (non-hydrogen) atoms. The summed E-state index contributed by atoms with van der Waals surface area (Å²) in [6.45, 7) is 2.21. The van der Waals surface area contributed by atoms with Crippen LogP contribution in [0.4, 0.5) is 10.1 Å². The third kappa shape index (κ3) is 7.92. The Hall–Kier alpha value is -4.82. The van der Waals surface area contributed by atoms with Gasteiger partial charge in [-0.15, -0.1) is 0 Å². The summed E-state index contributed by atoms with van der Waals surface area (Å²) in [6.07, 6.45) is 3.46. The number of para-hydroxylation sites is 1. The second-order valence-electron chi connectivity index (χ2n) is 13.0. The van der Waals surface area contributed by atoms with Crippen LogP contribution in [0.3, 0.4) is 0 Å². The van der Waals surface area contributed by atoms with E-state index in [0.29, 0.717) is 30.2 Å². The van der Waals surface area contributed by atoms with Crippen molar-refractivity contribution >= 4 is 40.7 Å². The molecule has 1 aliphatic carbocycles. The molecule has 1 saturated carbocycles. The molecule has 4 aromatic carbocycles. The fraction of sp³-hybridized carbons (Fsp3) is 0.300. The maximum atomic E-state index is 14.6. The van der Waals surface area contributed by atoms with Gasteiger partial charge in [0.25, 0.3) is 5.91 Å². The molecule has 7 nitrogen and oxygen atoms in total. The smallest absolute Gasteiger partial charge is 0.272 e. The normalized spacial score (nSPS) is 17.0. The van der Waals surface area contributed by atoms with Crippen LogP contribution in [0.25, 0.3) is 11.1 Å². The van der Waals surface area contributed by atoms with Crippen molar-refractivity contribution in [1.82, 2.24) is 5.32 Å². The third-order valence-electron chi connectivity index (χ3n) is 9.40. The Labute approximate surface area is 291 Å². The molecule has 0 spiro atoms. The number of anilines is 1. The number of nitrogens with zero attached hydrogens (tertiary/aromatic N) is 2. The van der Waals surface area contributed by atoms with E-state index in [-0.39, 0.29) is 17.5 Å². The molecule has 1 heterocycles. The number of benzodiazepines with no additional fused rings is 1. The van der Waals surface area contributed by atoms with Crippen molar-refractivity contribution in [2.24, 2.45) is 28.5 Å². The highest BCUT2D eigenvalue weighted by Crippen LogP contribution is 2.39. The molecule has 6 rings (SSSR count). The van der Waals surface area contributed by atoms with Crippen molar-refractivity contribution in [3.05, 3.63) is 125 Å². The summed E-state index contributed by atoms with van der Waals surface area (Å²) < 4.78 is 13.9. The number of hydrogen-bond acceptors (Lipinski definition) is 4. The van der Waals surface area contributed by atoms with E-state index in [0.717, 1.165) is 53.5 Å². The number of carbonyl (C=O) groups excluding carboxylic acids is 3. The summed E-state index contributed by atoms with van der Waals surface area (Å²) in [5.74, 6) is -2.71. The molecule has 3 atom stereocenters. The standard InChI is InChI=1S/C40H40ClFN4O3/c1-2-3-14-30(37(43)47)32(22-25-17-18-25)39(48)45-38-40(49)46(24-26-10-9-13-28(21-26)29-19-20-34(42)33(41)23-29)35-16-8-7-15-31(35)36(44-38)27-11-5-4-6-12-27/h4-13,15-16,19-21,23,25,30,32,38H,2-3,14,17-18,22,24H2,1H3,(H2,43,47)(H,45,48)/t30-,32+,38?/m0/s1. The van der Waals surface area contributed by atoms with E-state index in [1.807, 2.05) is 85.8 Å². The maximum Gasteiger partial charge on any atom is 0.272 e. The lowest BCUT2D eigenvalue weighted by atomic mass is 9.83. The van der Waals surface area contributed by atoms with Crippen molar-refractivity contribution < 1.29 is 18.8 Å². The van der Waals surface area contributed by atoms with Crippen LogP contribution in [-0.4, -0.2) is 29.6 Å². The number of amides is 3. The predicted octanol–water partition coefficient (Wildman–Crippen LogP) is 7.68. The van der Waals surface area contributed by atoms with Gasteiger partial charge in [-0.05, 0) is 59.7 Å². The number of nitrogens with one attached hydrogen (secondary N) is 1. The number of halogens is 2. The Morgan fingerprint density at radius 2 is 1.65 bits per heavy atom. The number of aliphatic imine (C=N–C) groups is 1. The van der Waals surface area contributed by atoms with Gasteiger partial charge in [0.15, 0.2) is 0 Å². The largest absolute Gasteiger partial charge is 0.369 e. The van der Waals surface area contributed by atoms with E-state index < -0.39 is 35.6 Å². The van der Waals surface area contributed by atoms with Gasteiger partial charge in [0, 0.05) is 23.0 Å². The van der Waals surface area contributed by atoms with Gasteiger partial charge in [-0.2, -0.15) is 0 Å². The molecule has 1 fully saturated rings. The minimum absolute atomic E-state index is 0.0250. The Morgan fingerprint density at radius 3 is 2.37 bits per heavy atom. The van der Waals surface area contributed by atoms with Crippen LogP contribution in [-0.2, 0) is 20.9 Å². The highest BCUT2D eigenvalue weighted by Gasteiger charge is 2.40. The van der Waals surface area contributed by atoms with Crippen molar-refractivity contribution in [3.63, 3.8) is 0 Å². The summed E-state index contributed by atoms with van der Waals surface area (Å²) in [7, 11) is 0. The van der Waals surface area contributed by atoms with Gasteiger partial charge in [-0.1, -0.05) is 117 Å². The monoisotopic (exact) mass is 678 g/mol. The number of rotatable bonds is 13. The Balaban J connectivity index is 1.39. The molecule has 3 N–H and O–H groups in total. The molecular formula is C40H40ClFN4O3. The second-order valence-corrected chi connectivity index (χ2v) is 13.4. The highest BCUT2D eigenvalue weighted by molar-refractivity contribution is 6.31. The molecule has 252 valence electrons. The molecule has 1 aliphatic heterocycles. The summed E-state index contributed by atoms with van der Waals surface area (Å²) in [4.78, 5) is 48.1. The number of unbranched alkanes of at least 4 members (excludes halogenated alkanes) is 1. The third-order valence-corrected chi connectivity index (χ3v) is 9.69. The molecule has 4 aromatic rings. The van der Waals surface area contributed by atoms with E-state index >= 15 is 0 Å². The van der Waals surface area contributed by atoms with Crippen LogP contribution in [0.2, 0.25) is 5.02 Å². The topological polar surface area (TPSA) is 105 Å². The minimum atomic E-state index is -1.25. The van der Waals surface area contributed by atoms with Gasteiger partial charge in [0.1, 0.15) is 5.82 Å². The molecule has 1 unspecified atom stereocenters. The van der Waals surface area contributed by atoms with Crippen LogP contribution >= 0.6 is 11.6 Å². The lowest BCUT2D eigenvalue weighted by Gasteiger charge is -2.28. The lowest BCUT2D eigenvalue weighted by Crippen LogP contribution is -2.50. The van der Waals surface area contributed by atoms with Crippen molar-refractivity contribution in [2.45, 2.75) is 58.2 Å². The SMILES string of the molecule is CCCC[C@H](C(N)=O)[C@@H](CC1CC1)C(=O)NC1N=C(c2ccccc2)c2ccccc2N(Cc2cccc(-c3ccc(F)c(Cl)c3)c2)C1=O. The van der Waals surface area contributed by atoms with Crippen LogP contribution in [0.15, 0.2) is 102 Å². The highest BCUT2D eigenvalue weighted by atomic mass is 35.5. The summed E-state index contributed by atoms with van der Waals surface area (Å²) in [5.41, 5.74) is 11.0. The fourth-order valence-electron chi connectivity index (χ4n) is 6.59. The van der Waals surface area contributed by atoms with Crippen LogP contribution < -0.4 is 16.0 Å². The maximum absolute atomic E-state index is 14.6. The van der Waals surface area contributed by atoms with Crippen molar-refractivity contribution in [3.8, 4) is 11.1 Å². The average Bonchev–Trinajstić information content (AvgIpc) is 3.95. The van der Waals surface area contributed by atoms with Gasteiger partial charge in [-0.25, -0.2) is 9.38 Å². The van der Waals surface area contributed by atoms with Crippen LogP contribution in [0, 0.1) is 23.6 Å². The molecule has 2 aliphatic rings. The van der Waals surface area contributed by atoms with Gasteiger partial charge in [0.05, 0.1) is 23.0 Å². The zero-order valence-corrected chi connectivity index (χ0v) is 28.2. The number of carbonyl (C=O) groups is 3. The number of nitrogens with two attached hydrogens (primary N) is 1. The van der Waals surface area contributed by atoms with E-state index in [2.05, 4.69) is 5.32 Å². The second kappa shape index (κ2) is 15.2. The first-order valence-electron chi connectivity index (χ1n) is 16.9. The first-order valence-corrected chi connectivity index (χ1v) is 17.3. The van der Waals surface area contributed by atoms with Gasteiger partial charge in [0.2, 0.25) is 18.0 Å². The summed E-state index contributed by atoms with van der Waals surface area (Å²) >= 11 is 6.09. The quantitative estimate of drug-likeness (QED) is 0.152. The van der Waals surface area contributed by atoms with E-state index in [4.69, 9.17) is 22.3 Å². The van der Waals surface area contributed by atoms with E-state index in [9.17, 15) is 18.8 Å². The van der Waals surface area contributed by atoms with Gasteiger partial charge in [-0.3, -0.25) is 14.4 Å². The van der Waals surface area contributed by atoms with Crippen molar-refractivity contribution in [1.29, 1.82) is 0 Å². The fourth-order valence-corrected chi connectivity index (χ4v) is 6.77. The van der Waals surface area contributed by atoms with Crippen molar-refractivity contribution in [2.75, 3.05) is 4.90 Å². The molecule has 3 amide bonds. The van der Waals surface area contributed by atoms with Crippen LogP contribution in [0.1, 0.15) is 62.1 Å². The van der Waals surface area contributed by atoms with Gasteiger partial charge < -0.3 is 16.0 Å². The zero-order valence-electron chi connectivity index (χ0n) is 27.4. The Morgan fingerprint density at radius 1 is 0.939 bits per heavy atom.